The summed E-state index contributed by atoms with van der Waals surface area (Å²) in [4.78, 5) is 14.3. The Labute approximate surface area is 177 Å². The van der Waals surface area contributed by atoms with Crippen LogP contribution in [-0.4, -0.2) is 30.6 Å². The molecule has 0 unspecified atom stereocenters. The zero-order chi connectivity index (χ0) is 21.1. The Hall–Kier alpha value is -3.52. The summed E-state index contributed by atoms with van der Waals surface area (Å²) in [6, 6.07) is 19.1. The molecule has 4 rings (SSSR count). The van der Waals surface area contributed by atoms with Crippen LogP contribution in [0.5, 0.6) is 0 Å². The third kappa shape index (κ3) is 3.81. The number of anilines is 1. The van der Waals surface area contributed by atoms with E-state index in [2.05, 4.69) is 46.6 Å². The molecule has 0 aliphatic carbocycles. The molecule has 2 aromatic carbocycles. The summed E-state index contributed by atoms with van der Waals surface area (Å²) in [5.41, 5.74) is 4.35. The number of amides is 1. The highest BCUT2D eigenvalue weighted by molar-refractivity contribution is 6.01. The van der Waals surface area contributed by atoms with Gasteiger partial charge in [0.2, 0.25) is 0 Å². The molecule has 0 radical (unpaired) electrons. The van der Waals surface area contributed by atoms with Crippen molar-refractivity contribution in [2.24, 2.45) is 7.05 Å². The van der Waals surface area contributed by atoms with Gasteiger partial charge in [0.25, 0.3) is 5.91 Å². The van der Waals surface area contributed by atoms with Gasteiger partial charge in [0, 0.05) is 44.3 Å². The van der Waals surface area contributed by atoms with Crippen LogP contribution in [0.2, 0.25) is 0 Å². The van der Waals surface area contributed by atoms with Crippen LogP contribution >= 0.6 is 0 Å². The van der Waals surface area contributed by atoms with Gasteiger partial charge in [-0.2, -0.15) is 5.26 Å². The van der Waals surface area contributed by atoms with E-state index in [0.717, 1.165) is 30.0 Å². The van der Waals surface area contributed by atoms with Gasteiger partial charge in [-0.1, -0.05) is 18.2 Å². The average Bonchev–Trinajstić information content (AvgIpc) is 3.16. The molecule has 0 atom stereocenters. The maximum absolute atomic E-state index is 11.8. The van der Waals surface area contributed by atoms with E-state index in [-0.39, 0.29) is 11.5 Å². The lowest BCUT2D eigenvalue weighted by Gasteiger charge is -2.29. The number of carbonyl (C=O) groups excluding carboxylic acids is 1. The Kier molecular flexibility index (Phi) is 5.58. The van der Waals surface area contributed by atoms with Gasteiger partial charge in [-0.3, -0.25) is 4.79 Å². The lowest BCUT2D eigenvalue weighted by molar-refractivity contribution is -0.116. The Balaban J connectivity index is 1.65. The number of rotatable bonds is 4. The van der Waals surface area contributed by atoms with Gasteiger partial charge in [0.1, 0.15) is 11.6 Å². The van der Waals surface area contributed by atoms with E-state index in [0.29, 0.717) is 0 Å². The summed E-state index contributed by atoms with van der Waals surface area (Å²) in [6.45, 7) is 2.29. The van der Waals surface area contributed by atoms with E-state index in [1.165, 1.54) is 42.8 Å². The van der Waals surface area contributed by atoms with Crippen molar-refractivity contribution >= 4 is 28.4 Å². The van der Waals surface area contributed by atoms with E-state index in [4.69, 9.17) is 0 Å². The molecule has 2 heterocycles. The number of piperidine rings is 1. The van der Waals surface area contributed by atoms with Crippen molar-refractivity contribution in [1.29, 1.82) is 5.26 Å². The van der Waals surface area contributed by atoms with Crippen molar-refractivity contribution in [1.82, 2.24) is 9.88 Å². The lowest BCUT2D eigenvalue weighted by Crippen LogP contribution is -2.29. The van der Waals surface area contributed by atoms with Gasteiger partial charge in [-0.05, 0) is 72.0 Å². The number of carbonyl (C=O) groups is 1. The number of fused-ring (bicyclic) bond motifs is 1. The number of benzene rings is 2. The molecular formula is C25H26N4O. The second-order valence-corrected chi connectivity index (χ2v) is 7.75. The third-order valence-corrected chi connectivity index (χ3v) is 5.89. The van der Waals surface area contributed by atoms with E-state index < -0.39 is 0 Å². The number of hydrogen-bond acceptors (Lipinski definition) is 3. The lowest BCUT2D eigenvalue weighted by atomic mass is 10.0. The second kappa shape index (κ2) is 8.46. The molecule has 1 aliphatic rings. The zero-order valence-electron chi connectivity index (χ0n) is 17.5. The second-order valence-electron chi connectivity index (χ2n) is 7.75. The molecule has 0 bridgehead atoms. The topological polar surface area (TPSA) is 61.1 Å². The fourth-order valence-corrected chi connectivity index (χ4v) is 4.13. The first-order valence-corrected chi connectivity index (χ1v) is 10.4. The van der Waals surface area contributed by atoms with Crippen LogP contribution in [0.1, 0.15) is 25.0 Å². The summed E-state index contributed by atoms with van der Waals surface area (Å²) < 4.78 is 2.00. The Morgan fingerprint density at radius 3 is 2.50 bits per heavy atom. The van der Waals surface area contributed by atoms with Crippen molar-refractivity contribution < 1.29 is 4.79 Å². The van der Waals surface area contributed by atoms with Gasteiger partial charge in [-0.15, -0.1) is 0 Å². The third-order valence-electron chi connectivity index (χ3n) is 5.89. The van der Waals surface area contributed by atoms with E-state index in [9.17, 15) is 10.1 Å². The minimum atomic E-state index is -0.379. The molecule has 5 heteroatoms. The monoisotopic (exact) mass is 398 g/mol. The highest BCUT2D eigenvalue weighted by Crippen LogP contribution is 2.30. The fourth-order valence-electron chi connectivity index (χ4n) is 4.13. The maximum atomic E-state index is 11.8. The quantitative estimate of drug-likeness (QED) is 0.520. The summed E-state index contributed by atoms with van der Waals surface area (Å²) >= 11 is 0. The van der Waals surface area contributed by atoms with E-state index in [1.807, 2.05) is 29.8 Å². The highest BCUT2D eigenvalue weighted by atomic mass is 16.1. The predicted octanol–water partition coefficient (Wildman–Crippen LogP) is 4.49. The first kappa shape index (κ1) is 19.8. The van der Waals surface area contributed by atoms with Crippen LogP contribution in [0.3, 0.4) is 0 Å². The Morgan fingerprint density at radius 1 is 1.03 bits per heavy atom. The summed E-state index contributed by atoms with van der Waals surface area (Å²) in [5, 5.41) is 14.2. The van der Waals surface area contributed by atoms with Crippen molar-refractivity contribution in [3.05, 3.63) is 59.8 Å². The van der Waals surface area contributed by atoms with Gasteiger partial charge in [-0.25, -0.2) is 0 Å². The van der Waals surface area contributed by atoms with Crippen molar-refractivity contribution in [2.45, 2.75) is 19.3 Å². The SMILES string of the molecule is CNC(=O)/C(C#N)=C/c1ccc(-c2ccc3cc(N4CCCCC4)ccc3c2)n1C. The van der Waals surface area contributed by atoms with E-state index in [1.54, 1.807) is 6.08 Å². The molecule has 0 saturated carbocycles. The molecule has 1 aliphatic heterocycles. The minimum Gasteiger partial charge on any atom is -0.372 e. The molecule has 0 spiro atoms. The molecule has 1 saturated heterocycles. The van der Waals surface area contributed by atoms with Crippen LogP contribution in [0.25, 0.3) is 28.1 Å². The highest BCUT2D eigenvalue weighted by Gasteiger charge is 2.13. The van der Waals surface area contributed by atoms with Crippen LogP contribution in [0, 0.1) is 11.3 Å². The Bertz CT molecular complexity index is 1160. The summed E-state index contributed by atoms with van der Waals surface area (Å²) in [6.07, 6.45) is 5.50. The number of nitrogens with one attached hydrogen (secondary N) is 1. The van der Waals surface area contributed by atoms with Crippen molar-refractivity contribution in [3.8, 4) is 17.3 Å². The van der Waals surface area contributed by atoms with Crippen molar-refractivity contribution in [2.75, 3.05) is 25.0 Å². The standard InChI is InChI=1S/C25H26N4O/c1-27-25(30)21(17-26)16-22-10-11-24(28(22)2)20-7-6-19-15-23(9-8-18(19)14-20)29-12-4-3-5-13-29/h6-11,14-16H,3-5,12-13H2,1-2H3,(H,27,30)/b21-16+. The van der Waals surface area contributed by atoms with Gasteiger partial charge < -0.3 is 14.8 Å². The minimum absolute atomic E-state index is 0.0917. The van der Waals surface area contributed by atoms with Crippen molar-refractivity contribution in [3.63, 3.8) is 0 Å². The number of aromatic nitrogens is 1. The van der Waals surface area contributed by atoms with E-state index >= 15 is 0 Å². The molecular weight excluding hydrogens is 372 g/mol. The Morgan fingerprint density at radius 2 is 1.77 bits per heavy atom. The molecule has 1 fully saturated rings. The normalized spacial score (nSPS) is 14.6. The zero-order valence-corrected chi connectivity index (χ0v) is 17.5. The molecule has 30 heavy (non-hydrogen) atoms. The average molecular weight is 399 g/mol. The number of likely N-dealkylation sites (N-methyl/N-ethyl adjacent to an activating group) is 1. The first-order chi connectivity index (χ1) is 14.6. The molecule has 1 N–H and O–H groups in total. The number of hydrogen-bond donors (Lipinski definition) is 1. The molecule has 1 amide bonds. The van der Waals surface area contributed by atoms with Crippen LogP contribution in [0.4, 0.5) is 5.69 Å². The molecule has 152 valence electrons. The van der Waals surface area contributed by atoms with Crippen LogP contribution in [0.15, 0.2) is 54.1 Å². The molecule has 1 aromatic heterocycles. The van der Waals surface area contributed by atoms with Crippen LogP contribution in [-0.2, 0) is 11.8 Å². The molecule has 5 nitrogen and oxygen atoms in total. The van der Waals surface area contributed by atoms with Crippen LogP contribution < -0.4 is 10.2 Å². The maximum Gasteiger partial charge on any atom is 0.261 e. The van der Waals surface area contributed by atoms with Gasteiger partial charge in [0.15, 0.2) is 0 Å². The largest absolute Gasteiger partial charge is 0.372 e. The molecule has 3 aromatic rings. The first-order valence-electron chi connectivity index (χ1n) is 10.4. The number of nitrogens with zero attached hydrogens (tertiary/aromatic N) is 3. The predicted molar refractivity (Wildman–Crippen MR) is 122 cm³/mol. The summed E-state index contributed by atoms with van der Waals surface area (Å²) in [5.74, 6) is -0.379. The van der Waals surface area contributed by atoms with Gasteiger partial charge in [0.05, 0.1) is 0 Å². The fraction of sp³-hybridized carbons (Fsp3) is 0.280. The number of nitriles is 1. The summed E-state index contributed by atoms with van der Waals surface area (Å²) in [7, 11) is 3.47. The van der Waals surface area contributed by atoms with Gasteiger partial charge >= 0.3 is 0 Å². The smallest absolute Gasteiger partial charge is 0.261 e.